The Balaban J connectivity index is 1.95. The quantitative estimate of drug-likeness (QED) is 0.629. The van der Waals surface area contributed by atoms with Crippen molar-refractivity contribution in [3.8, 4) is 0 Å². The van der Waals surface area contributed by atoms with Crippen LogP contribution in [-0.4, -0.2) is 34.5 Å². The molecule has 0 fully saturated rings. The van der Waals surface area contributed by atoms with Gasteiger partial charge in [0.2, 0.25) is 5.91 Å². The first-order valence-corrected chi connectivity index (χ1v) is 9.24. The lowest BCUT2D eigenvalue weighted by atomic mass is 10.2. The molecule has 0 aliphatic rings. The van der Waals surface area contributed by atoms with Crippen LogP contribution in [0.3, 0.4) is 0 Å². The molecule has 1 N–H and O–H groups in total. The van der Waals surface area contributed by atoms with Crippen LogP contribution in [0.2, 0.25) is 5.02 Å². The van der Waals surface area contributed by atoms with E-state index in [1.165, 1.54) is 0 Å². The normalized spacial score (nSPS) is 13.1. The highest BCUT2D eigenvalue weighted by molar-refractivity contribution is 6.33. The molecule has 0 aliphatic carbocycles. The minimum Gasteiger partial charge on any atom is -0.323 e. The molecule has 0 bridgehead atoms. The van der Waals surface area contributed by atoms with Gasteiger partial charge in [-0.25, -0.2) is 4.98 Å². The third-order valence-corrected chi connectivity index (χ3v) is 4.77. The molecule has 1 aromatic heterocycles. The van der Waals surface area contributed by atoms with E-state index in [-0.39, 0.29) is 10.7 Å². The summed E-state index contributed by atoms with van der Waals surface area (Å²) in [5, 5.41) is 2.55. The minimum absolute atomic E-state index is 0.0301. The van der Waals surface area contributed by atoms with Crippen molar-refractivity contribution in [3.63, 3.8) is 0 Å². The Hall–Kier alpha value is -2.58. The first-order valence-electron chi connectivity index (χ1n) is 8.86. The van der Waals surface area contributed by atoms with E-state index < -0.39 is 23.7 Å². The topological polar surface area (TPSA) is 50.2 Å². The van der Waals surface area contributed by atoms with Gasteiger partial charge in [0.1, 0.15) is 11.9 Å². The van der Waals surface area contributed by atoms with Gasteiger partial charge in [-0.1, -0.05) is 23.7 Å². The Kier molecular flexibility index (Phi) is 5.86. The summed E-state index contributed by atoms with van der Waals surface area (Å²) in [4.78, 5) is 19.4. The molecule has 5 nitrogen and oxygen atoms in total. The molecule has 0 radical (unpaired) electrons. The highest BCUT2D eigenvalue weighted by Gasteiger charge is 2.31. The molecule has 154 valence electrons. The van der Waals surface area contributed by atoms with E-state index in [9.17, 15) is 18.0 Å². The van der Waals surface area contributed by atoms with Gasteiger partial charge in [-0.05, 0) is 51.4 Å². The molecule has 9 heteroatoms. The number of alkyl halides is 3. The number of rotatable bonds is 5. The maximum atomic E-state index is 13.0. The van der Waals surface area contributed by atoms with Crippen molar-refractivity contribution in [1.82, 2.24) is 14.5 Å². The van der Waals surface area contributed by atoms with E-state index in [1.54, 1.807) is 11.5 Å². The van der Waals surface area contributed by atoms with Crippen LogP contribution in [-0.2, 0) is 17.5 Å². The monoisotopic (exact) mass is 424 g/mol. The van der Waals surface area contributed by atoms with Crippen molar-refractivity contribution in [2.75, 3.05) is 19.4 Å². The van der Waals surface area contributed by atoms with Crippen molar-refractivity contribution >= 4 is 34.2 Å². The molecule has 1 heterocycles. The van der Waals surface area contributed by atoms with Crippen molar-refractivity contribution in [3.05, 3.63) is 58.9 Å². The number of carbonyl (C=O) groups excluding carboxylic acids is 1. The van der Waals surface area contributed by atoms with E-state index in [2.05, 4.69) is 10.3 Å². The smallest absolute Gasteiger partial charge is 0.323 e. The zero-order valence-corrected chi connectivity index (χ0v) is 16.8. The van der Waals surface area contributed by atoms with E-state index in [4.69, 9.17) is 11.6 Å². The number of nitrogens with one attached hydrogen (secondary N) is 1. The lowest BCUT2D eigenvalue weighted by Gasteiger charge is -2.20. The summed E-state index contributed by atoms with van der Waals surface area (Å²) in [6.45, 7) is 2.17. The molecule has 1 atom stereocenters. The summed E-state index contributed by atoms with van der Waals surface area (Å²) in [6, 6.07) is 9.50. The molecule has 29 heavy (non-hydrogen) atoms. The highest BCUT2D eigenvalue weighted by atomic mass is 35.5. The second kappa shape index (κ2) is 8.04. The maximum absolute atomic E-state index is 13.0. The van der Waals surface area contributed by atoms with Gasteiger partial charge in [0.15, 0.2) is 0 Å². The lowest BCUT2D eigenvalue weighted by molar-refractivity contribution is -0.137. The zero-order valence-electron chi connectivity index (χ0n) is 16.1. The van der Waals surface area contributed by atoms with Gasteiger partial charge in [-0.2, -0.15) is 13.2 Å². The number of carbonyl (C=O) groups is 1. The summed E-state index contributed by atoms with van der Waals surface area (Å²) in [5.74, 6) is 0.184. The van der Waals surface area contributed by atoms with Crippen molar-refractivity contribution in [1.29, 1.82) is 0 Å². The molecular formula is C20H20ClF3N4O. The predicted octanol–water partition coefficient (Wildman–Crippen LogP) is 4.97. The van der Waals surface area contributed by atoms with Crippen LogP contribution in [0.15, 0.2) is 42.5 Å². The van der Waals surface area contributed by atoms with Crippen molar-refractivity contribution < 1.29 is 18.0 Å². The van der Waals surface area contributed by atoms with Crippen LogP contribution >= 0.6 is 11.6 Å². The molecular weight excluding hydrogens is 405 g/mol. The molecule has 1 amide bonds. The van der Waals surface area contributed by atoms with E-state index in [0.29, 0.717) is 12.4 Å². The Morgan fingerprint density at radius 3 is 2.59 bits per heavy atom. The Labute approximate surface area is 171 Å². The first kappa shape index (κ1) is 21.1. The Bertz CT molecular complexity index is 1050. The van der Waals surface area contributed by atoms with Gasteiger partial charge in [0.05, 0.1) is 33.9 Å². The first-order chi connectivity index (χ1) is 13.6. The predicted molar refractivity (Wildman–Crippen MR) is 107 cm³/mol. The molecule has 0 saturated heterocycles. The van der Waals surface area contributed by atoms with Gasteiger partial charge in [-0.3, -0.25) is 4.79 Å². The number of benzene rings is 2. The fourth-order valence-corrected chi connectivity index (χ4v) is 3.24. The average Bonchev–Trinajstić information content (AvgIpc) is 2.98. The molecule has 0 spiro atoms. The maximum Gasteiger partial charge on any atom is 0.416 e. The lowest BCUT2D eigenvalue weighted by Crippen LogP contribution is -2.26. The van der Waals surface area contributed by atoms with E-state index in [1.807, 2.05) is 43.3 Å². The van der Waals surface area contributed by atoms with Gasteiger partial charge in [0.25, 0.3) is 0 Å². The number of halogens is 4. The highest BCUT2D eigenvalue weighted by Crippen LogP contribution is 2.34. The van der Waals surface area contributed by atoms with Crippen LogP contribution < -0.4 is 5.32 Å². The fourth-order valence-electron chi connectivity index (χ4n) is 3.07. The summed E-state index contributed by atoms with van der Waals surface area (Å²) < 4.78 is 40.8. The number of fused-ring (bicyclic) bond motifs is 1. The summed E-state index contributed by atoms with van der Waals surface area (Å²) >= 11 is 6.01. The van der Waals surface area contributed by atoms with E-state index in [0.717, 1.165) is 29.2 Å². The molecule has 3 aromatic rings. The zero-order chi connectivity index (χ0) is 21.3. The van der Waals surface area contributed by atoms with Gasteiger partial charge >= 0.3 is 6.18 Å². The Morgan fingerprint density at radius 1 is 1.24 bits per heavy atom. The fraction of sp³-hybridized carbons (Fsp3) is 0.300. The van der Waals surface area contributed by atoms with Crippen LogP contribution in [0.1, 0.15) is 24.4 Å². The number of imidazole rings is 1. The van der Waals surface area contributed by atoms with Crippen LogP contribution in [0.5, 0.6) is 0 Å². The number of hydrogen-bond acceptors (Lipinski definition) is 3. The molecule has 3 rings (SSSR count). The summed E-state index contributed by atoms with van der Waals surface area (Å²) in [7, 11) is 3.77. The molecule has 0 saturated carbocycles. The third kappa shape index (κ3) is 4.54. The molecule has 2 aromatic carbocycles. The van der Waals surface area contributed by atoms with Crippen molar-refractivity contribution in [2.24, 2.45) is 0 Å². The largest absolute Gasteiger partial charge is 0.416 e. The van der Waals surface area contributed by atoms with Gasteiger partial charge in [-0.15, -0.1) is 0 Å². The number of anilines is 1. The summed E-state index contributed by atoms with van der Waals surface area (Å²) in [5.41, 5.74) is 0.534. The number of hydrogen-bond donors (Lipinski definition) is 1. The molecule has 0 aliphatic heterocycles. The standard InChI is InChI=1S/C20H20ClF3N4O/c1-12(19(29)26-16-10-13(20(22,23)24)8-9-14(16)21)28-17-7-5-4-6-15(17)25-18(28)11-27(2)3/h4-10,12H,11H2,1-3H3,(H,26,29). The average molecular weight is 425 g/mol. The third-order valence-electron chi connectivity index (χ3n) is 4.44. The Morgan fingerprint density at radius 2 is 1.93 bits per heavy atom. The summed E-state index contributed by atoms with van der Waals surface area (Å²) in [6.07, 6.45) is -4.53. The minimum atomic E-state index is -4.53. The number of para-hydroxylation sites is 2. The number of nitrogens with zero attached hydrogens (tertiary/aromatic N) is 3. The van der Waals surface area contributed by atoms with Crippen LogP contribution in [0.4, 0.5) is 18.9 Å². The number of aromatic nitrogens is 2. The SMILES string of the molecule is CC(C(=O)Nc1cc(C(F)(F)F)ccc1Cl)n1c(CN(C)C)nc2ccccc21. The molecule has 1 unspecified atom stereocenters. The van der Waals surface area contributed by atoms with Crippen LogP contribution in [0, 0.1) is 0 Å². The van der Waals surface area contributed by atoms with Gasteiger partial charge < -0.3 is 14.8 Å². The van der Waals surface area contributed by atoms with Crippen LogP contribution in [0.25, 0.3) is 11.0 Å². The van der Waals surface area contributed by atoms with Gasteiger partial charge in [0, 0.05) is 0 Å². The number of amides is 1. The second-order valence-corrected chi connectivity index (χ2v) is 7.39. The second-order valence-electron chi connectivity index (χ2n) is 6.98. The van der Waals surface area contributed by atoms with E-state index >= 15 is 0 Å². The van der Waals surface area contributed by atoms with Crippen molar-refractivity contribution in [2.45, 2.75) is 25.7 Å².